The quantitative estimate of drug-likeness (QED) is 0.718. The highest BCUT2D eigenvalue weighted by molar-refractivity contribution is 5.78. The molecule has 0 radical (unpaired) electrons. The second kappa shape index (κ2) is 10.2. The number of ether oxygens (including phenoxy) is 3. The Labute approximate surface area is 178 Å². The third-order valence-electron chi connectivity index (χ3n) is 5.44. The van der Waals surface area contributed by atoms with Crippen LogP contribution in [0, 0.1) is 0 Å². The van der Waals surface area contributed by atoms with E-state index in [9.17, 15) is 4.79 Å². The van der Waals surface area contributed by atoms with Gasteiger partial charge in [-0.2, -0.15) is 0 Å². The first-order valence-electron chi connectivity index (χ1n) is 10.2. The second-order valence-corrected chi connectivity index (χ2v) is 7.36. The number of amides is 1. The third kappa shape index (κ3) is 5.36. The van der Waals surface area contributed by atoms with E-state index in [0.29, 0.717) is 6.54 Å². The van der Waals surface area contributed by atoms with Gasteiger partial charge < -0.3 is 24.4 Å². The summed E-state index contributed by atoms with van der Waals surface area (Å²) in [5, 5.41) is 3.08. The summed E-state index contributed by atoms with van der Waals surface area (Å²) < 4.78 is 16.1. The molecular formula is C23H31N3O4. The van der Waals surface area contributed by atoms with Crippen molar-refractivity contribution in [1.29, 1.82) is 0 Å². The maximum Gasteiger partial charge on any atom is 0.234 e. The molecule has 2 aromatic carbocycles. The van der Waals surface area contributed by atoms with Gasteiger partial charge in [0, 0.05) is 43.5 Å². The number of methoxy groups -OCH3 is 3. The van der Waals surface area contributed by atoms with Gasteiger partial charge in [-0.1, -0.05) is 6.07 Å². The van der Waals surface area contributed by atoms with Gasteiger partial charge in [-0.05, 0) is 37.3 Å². The molecule has 0 spiro atoms. The van der Waals surface area contributed by atoms with Gasteiger partial charge in [0.05, 0.1) is 33.9 Å². The molecule has 1 aliphatic heterocycles. The van der Waals surface area contributed by atoms with Gasteiger partial charge in [0.25, 0.3) is 0 Å². The Hall–Kier alpha value is -2.93. The number of nitrogens with zero attached hydrogens (tertiary/aromatic N) is 2. The van der Waals surface area contributed by atoms with Crippen LogP contribution in [-0.4, -0.2) is 64.9 Å². The average Bonchev–Trinajstić information content (AvgIpc) is 2.79. The zero-order chi connectivity index (χ0) is 21.5. The molecule has 0 aromatic heterocycles. The molecule has 2 aromatic rings. The first-order valence-corrected chi connectivity index (χ1v) is 10.2. The smallest absolute Gasteiger partial charge is 0.234 e. The second-order valence-electron chi connectivity index (χ2n) is 7.36. The van der Waals surface area contributed by atoms with Crippen molar-refractivity contribution in [2.24, 2.45) is 0 Å². The van der Waals surface area contributed by atoms with Gasteiger partial charge in [-0.15, -0.1) is 0 Å². The molecule has 3 rings (SSSR count). The van der Waals surface area contributed by atoms with E-state index in [2.05, 4.69) is 21.2 Å². The number of nitrogens with one attached hydrogen (secondary N) is 1. The Kier molecular flexibility index (Phi) is 7.41. The Morgan fingerprint density at radius 3 is 2.33 bits per heavy atom. The summed E-state index contributed by atoms with van der Waals surface area (Å²) >= 11 is 0. The molecule has 1 heterocycles. The number of hydrogen-bond acceptors (Lipinski definition) is 6. The van der Waals surface area contributed by atoms with Crippen LogP contribution in [0.4, 0.5) is 5.69 Å². The van der Waals surface area contributed by atoms with E-state index < -0.39 is 0 Å². The van der Waals surface area contributed by atoms with Gasteiger partial charge in [0.15, 0.2) is 0 Å². The molecule has 0 unspecified atom stereocenters. The zero-order valence-corrected chi connectivity index (χ0v) is 18.2. The summed E-state index contributed by atoms with van der Waals surface area (Å²) in [6, 6.07) is 13.5. The lowest BCUT2D eigenvalue weighted by atomic mass is 10.1. The normalized spacial score (nSPS) is 15.4. The van der Waals surface area contributed by atoms with Crippen LogP contribution < -0.4 is 24.4 Å². The van der Waals surface area contributed by atoms with E-state index in [4.69, 9.17) is 14.2 Å². The lowest BCUT2D eigenvalue weighted by Crippen LogP contribution is -2.49. The minimum absolute atomic E-state index is 0.00204. The molecule has 0 bridgehead atoms. The fraction of sp³-hybridized carbons (Fsp3) is 0.435. The van der Waals surface area contributed by atoms with Crippen LogP contribution in [0.25, 0.3) is 0 Å². The standard InChI is InChI=1S/C23H31N3O4/c1-17(21-15-20(29-3)8-9-22(21)30-4)24-23(27)16-25-10-12-26(13-11-25)18-6-5-7-19(14-18)28-2/h5-9,14-15,17H,10-13,16H2,1-4H3,(H,24,27)/t17-/m0/s1. The lowest BCUT2D eigenvalue weighted by Gasteiger charge is -2.36. The molecule has 1 aliphatic rings. The van der Waals surface area contributed by atoms with Crippen molar-refractivity contribution in [2.75, 3.05) is 59.0 Å². The highest BCUT2D eigenvalue weighted by Gasteiger charge is 2.21. The molecule has 1 fully saturated rings. The minimum atomic E-state index is -0.180. The van der Waals surface area contributed by atoms with E-state index in [1.807, 2.05) is 43.3 Å². The monoisotopic (exact) mass is 413 g/mol. The van der Waals surface area contributed by atoms with Gasteiger partial charge in [-0.3, -0.25) is 9.69 Å². The fourth-order valence-corrected chi connectivity index (χ4v) is 3.72. The number of rotatable bonds is 8. The lowest BCUT2D eigenvalue weighted by molar-refractivity contribution is -0.123. The van der Waals surface area contributed by atoms with Crippen molar-refractivity contribution in [3.63, 3.8) is 0 Å². The first kappa shape index (κ1) is 21.8. The molecule has 1 N–H and O–H groups in total. The highest BCUT2D eigenvalue weighted by atomic mass is 16.5. The molecule has 1 amide bonds. The molecule has 30 heavy (non-hydrogen) atoms. The largest absolute Gasteiger partial charge is 0.497 e. The van der Waals surface area contributed by atoms with Crippen molar-refractivity contribution in [3.8, 4) is 17.2 Å². The van der Waals surface area contributed by atoms with Gasteiger partial charge in [-0.25, -0.2) is 0 Å². The summed E-state index contributed by atoms with van der Waals surface area (Å²) in [6.07, 6.45) is 0. The number of anilines is 1. The number of carbonyl (C=O) groups is 1. The minimum Gasteiger partial charge on any atom is -0.497 e. The molecule has 162 valence electrons. The molecule has 1 atom stereocenters. The number of carbonyl (C=O) groups excluding carboxylic acids is 1. The summed E-state index contributed by atoms with van der Waals surface area (Å²) in [4.78, 5) is 17.1. The SMILES string of the molecule is COc1cccc(N2CCN(CC(=O)N[C@@H](C)c3cc(OC)ccc3OC)CC2)c1. The zero-order valence-electron chi connectivity index (χ0n) is 18.2. The molecule has 0 saturated carbocycles. The third-order valence-corrected chi connectivity index (χ3v) is 5.44. The Bertz CT molecular complexity index is 850. The summed E-state index contributed by atoms with van der Waals surface area (Å²) in [5.74, 6) is 2.33. The maximum atomic E-state index is 12.6. The predicted molar refractivity (Wildman–Crippen MR) is 118 cm³/mol. The van der Waals surface area contributed by atoms with Crippen LogP contribution in [0.5, 0.6) is 17.2 Å². The molecule has 7 nitrogen and oxygen atoms in total. The first-order chi connectivity index (χ1) is 14.5. The Morgan fingerprint density at radius 2 is 1.67 bits per heavy atom. The Morgan fingerprint density at radius 1 is 0.967 bits per heavy atom. The van der Waals surface area contributed by atoms with E-state index in [-0.39, 0.29) is 11.9 Å². The van der Waals surface area contributed by atoms with Crippen LogP contribution in [0.3, 0.4) is 0 Å². The van der Waals surface area contributed by atoms with E-state index in [1.165, 1.54) is 0 Å². The van der Waals surface area contributed by atoms with Crippen LogP contribution in [0.2, 0.25) is 0 Å². The molecule has 7 heteroatoms. The number of hydrogen-bond donors (Lipinski definition) is 1. The summed E-state index contributed by atoms with van der Waals surface area (Å²) in [5.41, 5.74) is 2.05. The van der Waals surface area contributed by atoms with Crippen molar-refractivity contribution < 1.29 is 19.0 Å². The van der Waals surface area contributed by atoms with E-state index in [1.54, 1.807) is 21.3 Å². The topological polar surface area (TPSA) is 63.3 Å². The maximum absolute atomic E-state index is 12.6. The van der Waals surface area contributed by atoms with Gasteiger partial charge >= 0.3 is 0 Å². The van der Waals surface area contributed by atoms with Crippen molar-refractivity contribution in [1.82, 2.24) is 10.2 Å². The van der Waals surface area contributed by atoms with Gasteiger partial charge in [0.2, 0.25) is 5.91 Å². The fourth-order valence-electron chi connectivity index (χ4n) is 3.72. The predicted octanol–water partition coefficient (Wildman–Crippen LogP) is 2.71. The van der Waals surface area contributed by atoms with E-state index >= 15 is 0 Å². The van der Waals surface area contributed by atoms with Crippen LogP contribution in [-0.2, 0) is 4.79 Å². The number of piperazine rings is 1. The van der Waals surface area contributed by atoms with Crippen molar-refractivity contribution >= 4 is 11.6 Å². The summed E-state index contributed by atoms with van der Waals surface area (Å²) in [6.45, 7) is 5.75. The average molecular weight is 414 g/mol. The van der Waals surface area contributed by atoms with Crippen LogP contribution >= 0.6 is 0 Å². The van der Waals surface area contributed by atoms with Crippen molar-refractivity contribution in [2.45, 2.75) is 13.0 Å². The van der Waals surface area contributed by atoms with Gasteiger partial charge in [0.1, 0.15) is 17.2 Å². The highest BCUT2D eigenvalue weighted by Crippen LogP contribution is 2.29. The molecular weight excluding hydrogens is 382 g/mol. The molecule has 0 aliphatic carbocycles. The molecule has 1 saturated heterocycles. The summed E-state index contributed by atoms with van der Waals surface area (Å²) in [7, 11) is 4.93. The Balaban J connectivity index is 1.52. The van der Waals surface area contributed by atoms with Crippen LogP contribution in [0.15, 0.2) is 42.5 Å². The number of benzene rings is 2. The van der Waals surface area contributed by atoms with Crippen molar-refractivity contribution in [3.05, 3.63) is 48.0 Å². The van der Waals surface area contributed by atoms with E-state index in [0.717, 1.165) is 54.7 Å². The van der Waals surface area contributed by atoms with Crippen LogP contribution in [0.1, 0.15) is 18.5 Å².